The fraction of sp³-hybridized carbons (Fsp3) is 0.115. The van der Waals surface area contributed by atoms with Gasteiger partial charge in [0, 0.05) is 17.1 Å². The predicted molar refractivity (Wildman–Crippen MR) is 127 cm³/mol. The second kappa shape index (κ2) is 10.1. The molecule has 178 valence electrons. The van der Waals surface area contributed by atoms with E-state index in [2.05, 4.69) is 10.5 Å². The van der Waals surface area contributed by atoms with Crippen LogP contribution in [0.4, 0.5) is 4.39 Å². The maximum atomic E-state index is 13.3. The topological polar surface area (TPSA) is 95.1 Å². The van der Waals surface area contributed by atoms with E-state index in [1.54, 1.807) is 42.5 Å². The average molecular weight is 475 g/mol. The SMILES string of the molecule is COc1cc(C=NNC(=O)c2cc(C)n(-c3ccc(F)cc3)c2C)ccc1OC(=O)c1ccco1. The number of halogens is 1. The first kappa shape index (κ1) is 23.5. The molecule has 9 heteroatoms. The van der Waals surface area contributed by atoms with Gasteiger partial charge in [-0.25, -0.2) is 14.6 Å². The molecule has 0 spiro atoms. The Morgan fingerprint density at radius 2 is 1.83 bits per heavy atom. The summed E-state index contributed by atoms with van der Waals surface area (Å²) in [6.07, 6.45) is 2.82. The summed E-state index contributed by atoms with van der Waals surface area (Å²) in [5.74, 6) is -0.784. The second-order valence-electron chi connectivity index (χ2n) is 7.57. The van der Waals surface area contributed by atoms with Crippen LogP contribution in [0.1, 0.15) is 37.9 Å². The molecule has 0 saturated heterocycles. The van der Waals surface area contributed by atoms with Crippen molar-refractivity contribution in [3.05, 3.63) is 101 Å². The Balaban J connectivity index is 1.45. The minimum absolute atomic E-state index is 0.0687. The number of benzene rings is 2. The zero-order valence-corrected chi connectivity index (χ0v) is 19.2. The third-order valence-corrected chi connectivity index (χ3v) is 5.25. The first-order chi connectivity index (χ1) is 16.9. The Morgan fingerprint density at radius 1 is 1.06 bits per heavy atom. The summed E-state index contributed by atoms with van der Waals surface area (Å²) >= 11 is 0. The molecule has 0 aliphatic heterocycles. The van der Waals surface area contributed by atoms with Crippen LogP contribution >= 0.6 is 0 Å². The fourth-order valence-electron chi connectivity index (χ4n) is 3.60. The van der Waals surface area contributed by atoms with Gasteiger partial charge in [-0.05, 0) is 80.1 Å². The molecule has 2 aromatic carbocycles. The smallest absolute Gasteiger partial charge is 0.379 e. The van der Waals surface area contributed by atoms with E-state index < -0.39 is 11.9 Å². The van der Waals surface area contributed by atoms with Crippen LogP contribution < -0.4 is 14.9 Å². The Hall–Kier alpha value is -4.66. The number of rotatable bonds is 7. The number of ether oxygens (including phenoxy) is 2. The third kappa shape index (κ3) is 5.14. The molecule has 0 radical (unpaired) electrons. The molecule has 0 unspecified atom stereocenters. The van der Waals surface area contributed by atoms with Crippen molar-refractivity contribution < 1.29 is 27.9 Å². The van der Waals surface area contributed by atoms with E-state index in [0.29, 0.717) is 22.6 Å². The Kier molecular flexibility index (Phi) is 6.77. The molecule has 1 N–H and O–H groups in total. The number of hydrogen-bond donors (Lipinski definition) is 1. The van der Waals surface area contributed by atoms with E-state index in [1.807, 2.05) is 18.4 Å². The van der Waals surface area contributed by atoms with Crippen molar-refractivity contribution in [2.24, 2.45) is 5.10 Å². The highest BCUT2D eigenvalue weighted by Crippen LogP contribution is 2.28. The van der Waals surface area contributed by atoms with E-state index in [-0.39, 0.29) is 17.3 Å². The van der Waals surface area contributed by atoms with E-state index in [9.17, 15) is 14.0 Å². The molecule has 1 amide bonds. The lowest BCUT2D eigenvalue weighted by molar-refractivity contribution is 0.0696. The van der Waals surface area contributed by atoms with Crippen LogP contribution in [0.5, 0.6) is 11.5 Å². The predicted octanol–water partition coefficient (Wildman–Crippen LogP) is 4.82. The first-order valence-electron chi connectivity index (χ1n) is 10.6. The zero-order chi connectivity index (χ0) is 24.9. The summed E-state index contributed by atoms with van der Waals surface area (Å²) in [5, 5.41) is 4.03. The molecule has 0 atom stereocenters. The van der Waals surface area contributed by atoms with Crippen LogP contribution in [-0.2, 0) is 0 Å². The Morgan fingerprint density at radius 3 is 2.51 bits per heavy atom. The largest absolute Gasteiger partial charge is 0.493 e. The number of carbonyl (C=O) groups is 2. The summed E-state index contributed by atoms with van der Waals surface area (Å²) in [6, 6.07) is 15.7. The zero-order valence-electron chi connectivity index (χ0n) is 19.2. The maximum Gasteiger partial charge on any atom is 0.379 e. The Bertz CT molecular complexity index is 1390. The monoisotopic (exact) mass is 475 g/mol. The lowest BCUT2D eigenvalue weighted by Gasteiger charge is -2.10. The molecule has 0 aliphatic rings. The van der Waals surface area contributed by atoms with Crippen molar-refractivity contribution in [1.82, 2.24) is 9.99 Å². The summed E-state index contributed by atoms with van der Waals surface area (Å²) < 4.78 is 30.8. The number of nitrogens with one attached hydrogen (secondary N) is 1. The van der Waals surface area contributed by atoms with Crippen molar-refractivity contribution in [3.63, 3.8) is 0 Å². The van der Waals surface area contributed by atoms with Gasteiger partial charge in [0.25, 0.3) is 5.91 Å². The molecular formula is C26H22FN3O5. The normalized spacial score (nSPS) is 11.0. The van der Waals surface area contributed by atoms with Crippen molar-refractivity contribution in [2.75, 3.05) is 7.11 Å². The van der Waals surface area contributed by atoms with E-state index in [1.165, 1.54) is 37.8 Å². The van der Waals surface area contributed by atoms with Crippen molar-refractivity contribution in [3.8, 4) is 17.2 Å². The van der Waals surface area contributed by atoms with Gasteiger partial charge in [0.1, 0.15) is 5.82 Å². The van der Waals surface area contributed by atoms with Gasteiger partial charge in [-0.3, -0.25) is 4.79 Å². The molecule has 0 bridgehead atoms. The number of hydrazone groups is 1. The highest BCUT2D eigenvalue weighted by Gasteiger charge is 2.17. The van der Waals surface area contributed by atoms with Crippen LogP contribution in [-0.4, -0.2) is 29.8 Å². The number of hydrogen-bond acceptors (Lipinski definition) is 6. The summed E-state index contributed by atoms with van der Waals surface area (Å²) in [6.45, 7) is 3.67. The van der Waals surface area contributed by atoms with Crippen LogP contribution in [0, 0.1) is 19.7 Å². The summed E-state index contributed by atoms with van der Waals surface area (Å²) in [4.78, 5) is 24.8. The second-order valence-corrected chi connectivity index (χ2v) is 7.57. The summed E-state index contributed by atoms with van der Waals surface area (Å²) in [5.41, 5.74) is 5.85. The van der Waals surface area contributed by atoms with Gasteiger partial charge in [-0.2, -0.15) is 5.10 Å². The molecule has 8 nitrogen and oxygen atoms in total. The highest BCUT2D eigenvalue weighted by atomic mass is 19.1. The average Bonchev–Trinajstić information content (AvgIpc) is 3.49. The van der Waals surface area contributed by atoms with Gasteiger partial charge < -0.3 is 18.5 Å². The summed E-state index contributed by atoms with van der Waals surface area (Å²) in [7, 11) is 1.44. The number of furan rings is 1. The molecule has 2 heterocycles. The molecule has 4 rings (SSSR count). The number of esters is 1. The number of aryl methyl sites for hydroxylation is 1. The van der Waals surface area contributed by atoms with Gasteiger partial charge in [0.15, 0.2) is 11.5 Å². The molecule has 2 aromatic heterocycles. The molecule has 0 fully saturated rings. The van der Waals surface area contributed by atoms with Gasteiger partial charge in [-0.1, -0.05) is 0 Å². The number of methoxy groups -OCH3 is 1. The minimum atomic E-state index is -0.653. The van der Waals surface area contributed by atoms with Gasteiger partial charge >= 0.3 is 5.97 Å². The Labute approximate surface area is 200 Å². The van der Waals surface area contributed by atoms with Gasteiger partial charge in [-0.15, -0.1) is 0 Å². The lowest BCUT2D eigenvalue weighted by Crippen LogP contribution is -2.18. The van der Waals surface area contributed by atoms with Crippen LogP contribution in [0.15, 0.2) is 76.4 Å². The van der Waals surface area contributed by atoms with Gasteiger partial charge in [0.05, 0.1) is 25.2 Å². The fourth-order valence-corrected chi connectivity index (χ4v) is 3.60. The molecule has 0 aliphatic carbocycles. The van der Waals surface area contributed by atoms with Crippen LogP contribution in [0.3, 0.4) is 0 Å². The number of amides is 1. The quantitative estimate of drug-likeness (QED) is 0.179. The number of nitrogens with zero attached hydrogens (tertiary/aromatic N) is 2. The number of aromatic nitrogens is 1. The van der Waals surface area contributed by atoms with E-state index in [4.69, 9.17) is 13.9 Å². The van der Waals surface area contributed by atoms with Crippen molar-refractivity contribution in [1.29, 1.82) is 0 Å². The molecular weight excluding hydrogens is 453 g/mol. The standard InChI is InChI=1S/C26H22FN3O5/c1-16-13-21(17(2)30(16)20-9-7-19(27)8-10-20)25(31)29-28-15-18-6-11-22(24(14-18)33-3)35-26(32)23-5-4-12-34-23/h4-15H,1-3H3,(H,29,31). The highest BCUT2D eigenvalue weighted by molar-refractivity contribution is 5.96. The van der Waals surface area contributed by atoms with E-state index >= 15 is 0 Å². The minimum Gasteiger partial charge on any atom is -0.493 e. The lowest BCUT2D eigenvalue weighted by atomic mass is 10.2. The van der Waals surface area contributed by atoms with Gasteiger partial charge in [0.2, 0.25) is 5.76 Å². The maximum absolute atomic E-state index is 13.3. The van der Waals surface area contributed by atoms with Crippen molar-refractivity contribution in [2.45, 2.75) is 13.8 Å². The third-order valence-electron chi connectivity index (χ3n) is 5.25. The van der Waals surface area contributed by atoms with Crippen LogP contribution in [0.25, 0.3) is 5.69 Å². The molecule has 4 aromatic rings. The van der Waals surface area contributed by atoms with E-state index in [0.717, 1.165) is 11.4 Å². The van der Waals surface area contributed by atoms with Crippen LogP contribution in [0.2, 0.25) is 0 Å². The molecule has 0 saturated carbocycles. The van der Waals surface area contributed by atoms with Crippen molar-refractivity contribution >= 4 is 18.1 Å². The number of carbonyl (C=O) groups excluding carboxylic acids is 2. The first-order valence-corrected chi connectivity index (χ1v) is 10.6. The molecule has 35 heavy (non-hydrogen) atoms.